The van der Waals surface area contributed by atoms with Crippen molar-refractivity contribution in [1.29, 1.82) is 0 Å². The van der Waals surface area contributed by atoms with E-state index < -0.39 is 28.5 Å². The van der Waals surface area contributed by atoms with Crippen LogP contribution in [0.5, 0.6) is 5.75 Å². The SMILES string of the molecule is COc1cccc(CN(C(=O)CN(c2ccc(C)cc2C)S(C)(=O)=O)[C@H](C)C(=O)NCC(C)C)c1. The Hall–Kier alpha value is -3.07. The maximum atomic E-state index is 13.6. The van der Waals surface area contributed by atoms with Crippen molar-refractivity contribution in [2.45, 2.75) is 47.2 Å². The predicted octanol–water partition coefficient (Wildman–Crippen LogP) is 3.27. The minimum atomic E-state index is -3.77. The van der Waals surface area contributed by atoms with Gasteiger partial charge in [-0.2, -0.15) is 0 Å². The van der Waals surface area contributed by atoms with E-state index in [1.807, 2.05) is 32.9 Å². The van der Waals surface area contributed by atoms with Gasteiger partial charge in [-0.1, -0.05) is 43.7 Å². The van der Waals surface area contributed by atoms with Gasteiger partial charge in [-0.05, 0) is 56.0 Å². The number of anilines is 1. The molecule has 2 aromatic rings. The lowest BCUT2D eigenvalue weighted by Gasteiger charge is -2.32. The summed E-state index contributed by atoms with van der Waals surface area (Å²) in [5.41, 5.74) is 2.93. The molecule has 0 saturated heterocycles. The van der Waals surface area contributed by atoms with Crippen LogP contribution in [0.1, 0.15) is 37.5 Å². The van der Waals surface area contributed by atoms with Crippen LogP contribution in [0.3, 0.4) is 0 Å². The molecule has 9 heteroatoms. The first-order valence-corrected chi connectivity index (χ1v) is 13.4. The van der Waals surface area contributed by atoms with Crippen LogP contribution in [-0.2, 0) is 26.2 Å². The first-order valence-electron chi connectivity index (χ1n) is 11.6. The third-order valence-corrected chi connectivity index (χ3v) is 6.77. The lowest BCUT2D eigenvalue weighted by Crippen LogP contribution is -2.51. The number of amides is 2. The van der Waals surface area contributed by atoms with Gasteiger partial charge in [-0.15, -0.1) is 0 Å². The zero-order chi connectivity index (χ0) is 26.3. The number of benzene rings is 2. The summed E-state index contributed by atoms with van der Waals surface area (Å²) in [6.07, 6.45) is 1.07. The van der Waals surface area contributed by atoms with E-state index in [2.05, 4.69) is 5.32 Å². The highest BCUT2D eigenvalue weighted by Crippen LogP contribution is 2.24. The number of ether oxygens (including phenoxy) is 1. The van der Waals surface area contributed by atoms with Crippen molar-refractivity contribution >= 4 is 27.5 Å². The summed E-state index contributed by atoms with van der Waals surface area (Å²) in [4.78, 5) is 27.9. The lowest BCUT2D eigenvalue weighted by atomic mass is 10.1. The van der Waals surface area contributed by atoms with Gasteiger partial charge in [0, 0.05) is 13.1 Å². The molecule has 0 spiro atoms. The Morgan fingerprint density at radius 2 is 1.74 bits per heavy atom. The van der Waals surface area contributed by atoms with Crippen LogP contribution in [0.15, 0.2) is 42.5 Å². The number of carbonyl (C=O) groups is 2. The predicted molar refractivity (Wildman–Crippen MR) is 139 cm³/mol. The van der Waals surface area contributed by atoms with E-state index in [9.17, 15) is 18.0 Å². The topological polar surface area (TPSA) is 96.0 Å². The second-order valence-corrected chi connectivity index (χ2v) is 11.2. The molecule has 2 amide bonds. The molecule has 1 atom stereocenters. The summed E-state index contributed by atoms with van der Waals surface area (Å²) in [6, 6.07) is 11.8. The van der Waals surface area contributed by atoms with Crippen LogP contribution in [-0.4, -0.2) is 57.6 Å². The number of sulfonamides is 1. The highest BCUT2D eigenvalue weighted by Gasteiger charge is 2.30. The third kappa shape index (κ3) is 7.99. The van der Waals surface area contributed by atoms with Gasteiger partial charge < -0.3 is 15.0 Å². The van der Waals surface area contributed by atoms with Crippen molar-refractivity contribution in [3.05, 3.63) is 59.2 Å². The molecule has 192 valence electrons. The molecule has 0 fully saturated rings. The Morgan fingerprint density at radius 3 is 2.31 bits per heavy atom. The van der Waals surface area contributed by atoms with E-state index in [4.69, 9.17) is 4.74 Å². The standard InChI is InChI=1S/C26H37N3O5S/c1-18(2)15-27-26(31)21(5)28(16-22-9-8-10-23(14-22)34-6)25(30)17-29(35(7,32)33)24-12-11-19(3)13-20(24)4/h8-14,18,21H,15-17H2,1-7H3,(H,27,31)/t21-/m1/s1. The van der Waals surface area contributed by atoms with Crippen LogP contribution in [0.4, 0.5) is 5.69 Å². The molecular weight excluding hydrogens is 466 g/mol. The first-order chi connectivity index (χ1) is 16.3. The molecule has 2 rings (SSSR count). The minimum Gasteiger partial charge on any atom is -0.497 e. The molecule has 0 aliphatic heterocycles. The number of carbonyl (C=O) groups excluding carboxylic acids is 2. The van der Waals surface area contributed by atoms with E-state index in [-0.39, 0.29) is 18.4 Å². The molecule has 0 saturated carbocycles. The van der Waals surface area contributed by atoms with Crippen molar-refractivity contribution in [2.24, 2.45) is 5.92 Å². The maximum absolute atomic E-state index is 13.6. The van der Waals surface area contributed by atoms with Gasteiger partial charge in [-0.25, -0.2) is 8.42 Å². The van der Waals surface area contributed by atoms with Gasteiger partial charge >= 0.3 is 0 Å². The Labute approximate surface area is 209 Å². The highest BCUT2D eigenvalue weighted by molar-refractivity contribution is 7.92. The summed E-state index contributed by atoms with van der Waals surface area (Å²) >= 11 is 0. The molecule has 0 radical (unpaired) electrons. The summed E-state index contributed by atoms with van der Waals surface area (Å²) in [7, 11) is -2.21. The summed E-state index contributed by atoms with van der Waals surface area (Å²) in [5, 5.41) is 2.87. The maximum Gasteiger partial charge on any atom is 0.244 e. The van der Waals surface area contributed by atoms with Crippen LogP contribution >= 0.6 is 0 Å². The van der Waals surface area contributed by atoms with Gasteiger partial charge in [0.05, 0.1) is 19.1 Å². The monoisotopic (exact) mass is 503 g/mol. The molecule has 0 aromatic heterocycles. The molecule has 8 nitrogen and oxygen atoms in total. The molecular formula is C26H37N3O5S. The zero-order valence-corrected chi connectivity index (χ0v) is 22.5. The Kier molecular flexibility index (Phi) is 9.71. The average molecular weight is 504 g/mol. The van der Waals surface area contributed by atoms with Gasteiger partial charge in [0.2, 0.25) is 21.8 Å². The number of aryl methyl sites for hydroxylation is 2. The van der Waals surface area contributed by atoms with Crippen LogP contribution in [0, 0.1) is 19.8 Å². The van der Waals surface area contributed by atoms with Crippen molar-refractivity contribution in [2.75, 3.05) is 30.8 Å². The minimum absolute atomic E-state index is 0.122. The molecule has 0 bridgehead atoms. The molecule has 1 N–H and O–H groups in total. The van der Waals surface area contributed by atoms with Crippen molar-refractivity contribution in [3.8, 4) is 5.75 Å². The van der Waals surface area contributed by atoms with Crippen LogP contribution in [0.25, 0.3) is 0 Å². The van der Waals surface area contributed by atoms with E-state index in [0.717, 1.165) is 27.3 Å². The van der Waals surface area contributed by atoms with Gasteiger partial charge in [0.25, 0.3) is 0 Å². The summed E-state index contributed by atoms with van der Waals surface area (Å²) in [5.74, 6) is 0.0940. The smallest absolute Gasteiger partial charge is 0.244 e. The largest absolute Gasteiger partial charge is 0.497 e. The van der Waals surface area contributed by atoms with E-state index in [0.29, 0.717) is 18.0 Å². The molecule has 0 aliphatic carbocycles. The summed E-state index contributed by atoms with van der Waals surface area (Å²) < 4.78 is 31.8. The fraction of sp³-hybridized carbons (Fsp3) is 0.462. The molecule has 2 aromatic carbocycles. The van der Waals surface area contributed by atoms with Crippen molar-refractivity contribution < 1.29 is 22.7 Å². The van der Waals surface area contributed by atoms with Crippen molar-refractivity contribution in [3.63, 3.8) is 0 Å². The van der Waals surface area contributed by atoms with Crippen LogP contribution < -0.4 is 14.4 Å². The van der Waals surface area contributed by atoms with E-state index in [1.54, 1.807) is 51.3 Å². The van der Waals surface area contributed by atoms with Gasteiger partial charge in [0.1, 0.15) is 18.3 Å². The average Bonchev–Trinajstić information content (AvgIpc) is 2.78. The Bertz CT molecular complexity index is 1150. The second-order valence-electron chi connectivity index (χ2n) is 9.25. The quantitative estimate of drug-likeness (QED) is 0.508. The number of hydrogen-bond acceptors (Lipinski definition) is 5. The van der Waals surface area contributed by atoms with E-state index in [1.165, 1.54) is 4.90 Å². The van der Waals surface area contributed by atoms with E-state index >= 15 is 0 Å². The molecule has 0 heterocycles. The lowest BCUT2D eigenvalue weighted by molar-refractivity contribution is -0.139. The fourth-order valence-corrected chi connectivity index (χ4v) is 4.59. The van der Waals surface area contributed by atoms with Gasteiger partial charge in [0.15, 0.2) is 0 Å². The van der Waals surface area contributed by atoms with Crippen molar-refractivity contribution in [1.82, 2.24) is 10.2 Å². The Morgan fingerprint density at radius 1 is 1.06 bits per heavy atom. The van der Waals surface area contributed by atoms with Crippen LogP contribution in [0.2, 0.25) is 0 Å². The molecule has 35 heavy (non-hydrogen) atoms. The fourth-order valence-electron chi connectivity index (χ4n) is 3.68. The highest BCUT2D eigenvalue weighted by atomic mass is 32.2. The third-order valence-electron chi connectivity index (χ3n) is 5.64. The number of nitrogens with one attached hydrogen (secondary N) is 1. The Balaban J connectivity index is 2.41. The molecule has 0 aliphatic rings. The molecule has 0 unspecified atom stereocenters. The normalized spacial score (nSPS) is 12.2. The number of hydrogen-bond donors (Lipinski definition) is 1. The number of methoxy groups -OCH3 is 1. The second kappa shape index (κ2) is 12.1. The first kappa shape index (κ1) is 28.2. The van der Waals surface area contributed by atoms with Gasteiger partial charge in [-0.3, -0.25) is 13.9 Å². The number of nitrogens with zero attached hydrogens (tertiary/aromatic N) is 2. The summed E-state index contributed by atoms with van der Waals surface area (Å²) in [6.45, 7) is 9.51. The zero-order valence-electron chi connectivity index (χ0n) is 21.7. The number of rotatable bonds is 11.